The van der Waals surface area contributed by atoms with Gasteiger partial charge >= 0.3 is 0 Å². The van der Waals surface area contributed by atoms with Gasteiger partial charge in [-0.25, -0.2) is 4.39 Å². The van der Waals surface area contributed by atoms with Crippen LogP contribution in [-0.4, -0.2) is 11.7 Å². The first kappa shape index (κ1) is 9.66. The van der Waals surface area contributed by atoms with Crippen LogP contribution in [0.3, 0.4) is 0 Å². The third-order valence-electron chi connectivity index (χ3n) is 3.31. The van der Waals surface area contributed by atoms with Crippen molar-refractivity contribution >= 4 is 0 Å². The van der Waals surface area contributed by atoms with Crippen molar-refractivity contribution < 1.29 is 9.50 Å². The smallest absolute Gasteiger partial charge is 0.127 e. The summed E-state index contributed by atoms with van der Waals surface area (Å²) in [5.74, 6) is -0.168. The Kier molecular flexibility index (Phi) is 2.31. The van der Waals surface area contributed by atoms with Crippen LogP contribution in [0.5, 0.6) is 0 Å². The van der Waals surface area contributed by atoms with Gasteiger partial charge in [0.05, 0.1) is 6.61 Å². The highest BCUT2D eigenvalue weighted by Gasteiger charge is 2.39. The number of hydrogen-bond donors (Lipinski definition) is 1. The molecule has 14 heavy (non-hydrogen) atoms. The van der Waals surface area contributed by atoms with Crippen LogP contribution in [-0.2, 0) is 5.41 Å². The van der Waals surface area contributed by atoms with Crippen LogP contribution < -0.4 is 0 Å². The van der Waals surface area contributed by atoms with E-state index in [-0.39, 0.29) is 17.8 Å². The Bertz CT molecular complexity index is 337. The van der Waals surface area contributed by atoms with E-state index in [1.165, 1.54) is 0 Å². The Balaban J connectivity index is 2.40. The molecule has 1 aliphatic rings. The van der Waals surface area contributed by atoms with Crippen molar-refractivity contribution in [2.45, 2.75) is 31.6 Å². The van der Waals surface area contributed by atoms with E-state index in [4.69, 9.17) is 0 Å². The Morgan fingerprint density at radius 3 is 2.57 bits per heavy atom. The highest BCUT2D eigenvalue weighted by atomic mass is 19.1. The zero-order valence-electron chi connectivity index (χ0n) is 8.39. The summed E-state index contributed by atoms with van der Waals surface area (Å²) in [5, 5.41) is 9.32. The molecule has 2 rings (SSSR count). The number of aliphatic hydroxyl groups is 1. The standard InChI is InChI=1S/C12H15FO/c1-9-3-4-10(11(13)7-9)12(8-14)5-2-6-12/h3-4,7,14H,2,5-6,8H2,1H3. The molecule has 1 aromatic carbocycles. The number of aliphatic hydroxyl groups excluding tert-OH is 1. The van der Waals surface area contributed by atoms with Gasteiger partial charge in [-0.2, -0.15) is 0 Å². The van der Waals surface area contributed by atoms with E-state index in [1.54, 1.807) is 6.07 Å². The molecule has 1 saturated carbocycles. The van der Waals surface area contributed by atoms with Crippen molar-refractivity contribution in [1.29, 1.82) is 0 Å². The van der Waals surface area contributed by atoms with E-state index in [0.717, 1.165) is 24.8 Å². The third-order valence-corrected chi connectivity index (χ3v) is 3.31. The van der Waals surface area contributed by atoms with Crippen LogP contribution in [0, 0.1) is 12.7 Å². The van der Waals surface area contributed by atoms with Gasteiger partial charge in [0.1, 0.15) is 5.82 Å². The zero-order valence-corrected chi connectivity index (χ0v) is 8.39. The van der Waals surface area contributed by atoms with Gasteiger partial charge in [-0.3, -0.25) is 0 Å². The number of rotatable bonds is 2. The highest BCUT2D eigenvalue weighted by molar-refractivity contribution is 5.32. The van der Waals surface area contributed by atoms with Gasteiger partial charge in [0.2, 0.25) is 0 Å². The van der Waals surface area contributed by atoms with Crippen molar-refractivity contribution in [3.8, 4) is 0 Å². The largest absolute Gasteiger partial charge is 0.395 e. The van der Waals surface area contributed by atoms with Crippen molar-refractivity contribution in [2.75, 3.05) is 6.61 Å². The van der Waals surface area contributed by atoms with Gasteiger partial charge < -0.3 is 5.11 Å². The first-order chi connectivity index (χ1) is 6.68. The molecule has 0 bridgehead atoms. The minimum atomic E-state index is -0.280. The predicted molar refractivity (Wildman–Crippen MR) is 53.8 cm³/mol. The van der Waals surface area contributed by atoms with Gasteiger partial charge in [0.15, 0.2) is 0 Å². The summed E-state index contributed by atoms with van der Waals surface area (Å²) in [6.07, 6.45) is 2.90. The quantitative estimate of drug-likeness (QED) is 0.767. The molecule has 1 N–H and O–H groups in total. The Labute approximate surface area is 83.6 Å². The lowest BCUT2D eigenvalue weighted by Gasteiger charge is -2.41. The summed E-state index contributed by atoms with van der Waals surface area (Å²) < 4.78 is 13.6. The molecular formula is C12H15FO. The molecule has 0 aliphatic heterocycles. The first-order valence-corrected chi connectivity index (χ1v) is 5.05. The summed E-state index contributed by atoms with van der Waals surface area (Å²) in [4.78, 5) is 0. The highest BCUT2D eigenvalue weighted by Crippen LogP contribution is 2.44. The van der Waals surface area contributed by atoms with Gasteiger partial charge in [0.25, 0.3) is 0 Å². The van der Waals surface area contributed by atoms with E-state index < -0.39 is 0 Å². The molecule has 1 aromatic rings. The summed E-state index contributed by atoms with van der Waals surface area (Å²) in [7, 11) is 0. The predicted octanol–water partition coefficient (Wildman–Crippen LogP) is 2.55. The number of hydrogen-bond acceptors (Lipinski definition) is 1. The average Bonchev–Trinajstić information content (AvgIpc) is 2.07. The fraction of sp³-hybridized carbons (Fsp3) is 0.500. The van der Waals surface area contributed by atoms with Gasteiger partial charge in [0, 0.05) is 5.41 Å². The third kappa shape index (κ3) is 1.34. The maximum Gasteiger partial charge on any atom is 0.127 e. The Morgan fingerprint density at radius 2 is 2.14 bits per heavy atom. The van der Waals surface area contributed by atoms with E-state index in [2.05, 4.69) is 0 Å². The van der Waals surface area contributed by atoms with Crippen molar-refractivity contribution in [3.05, 3.63) is 35.1 Å². The molecule has 0 unspecified atom stereocenters. The fourth-order valence-corrected chi connectivity index (χ4v) is 2.17. The zero-order chi connectivity index (χ0) is 10.2. The normalized spacial score (nSPS) is 19.1. The summed E-state index contributed by atoms with van der Waals surface area (Å²) in [6.45, 7) is 1.94. The van der Waals surface area contributed by atoms with Gasteiger partial charge in [-0.05, 0) is 37.0 Å². The molecule has 0 saturated heterocycles. The van der Waals surface area contributed by atoms with Crippen molar-refractivity contribution in [2.24, 2.45) is 0 Å². The van der Waals surface area contributed by atoms with Gasteiger partial charge in [-0.1, -0.05) is 18.6 Å². The fourth-order valence-electron chi connectivity index (χ4n) is 2.17. The maximum absolute atomic E-state index is 13.6. The van der Waals surface area contributed by atoms with E-state index in [1.807, 2.05) is 19.1 Å². The number of aryl methyl sites for hydroxylation is 1. The van der Waals surface area contributed by atoms with E-state index >= 15 is 0 Å². The molecule has 0 spiro atoms. The van der Waals surface area contributed by atoms with E-state index in [0.29, 0.717) is 5.56 Å². The number of halogens is 1. The van der Waals surface area contributed by atoms with Crippen LogP contribution in [0.4, 0.5) is 4.39 Å². The van der Waals surface area contributed by atoms with Gasteiger partial charge in [-0.15, -0.1) is 0 Å². The molecule has 0 radical (unpaired) electrons. The summed E-state index contributed by atoms with van der Waals surface area (Å²) in [5.41, 5.74) is 1.34. The average molecular weight is 194 g/mol. The Morgan fingerprint density at radius 1 is 1.43 bits per heavy atom. The molecule has 0 atom stereocenters. The minimum Gasteiger partial charge on any atom is -0.395 e. The first-order valence-electron chi connectivity index (χ1n) is 5.05. The molecule has 1 nitrogen and oxygen atoms in total. The second-order valence-electron chi connectivity index (χ2n) is 4.28. The number of benzene rings is 1. The molecular weight excluding hydrogens is 179 g/mol. The van der Waals surface area contributed by atoms with Crippen molar-refractivity contribution in [1.82, 2.24) is 0 Å². The molecule has 0 aromatic heterocycles. The van der Waals surface area contributed by atoms with Crippen LogP contribution in [0.2, 0.25) is 0 Å². The minimum absolute atomic E-state index is 0.0625. The molecule has 2 heteroatoms. The molecule has 0 heterocycles. The lowest BCUT2D eigenvalue weighted by Crippen LogP contribution is -2.38. The second kappa shape index (κ2) is 3.35. The molecule has 76 valence electrons. The maximum atomic E-state index is 13.6. The van der Waals surface area contributed by atoms with Crippen LogP contribution in [0.1, 0.15) is 30.4 Å². The van der Waals surface area contributed by atoms with Crippen LogP contribution in [0.15, 0.2) is 18.2 Å². The second-order valence-corrected chi connectivity index (χ2v) is 4.28. The summed E-state index contributed by atoms with van der Waals surface area (Å²) in [6, 6.07) is 5.28. The van der Waals surface area contributed by atoms with E-state index in [9.17, 15) is 9.50 Å². The van der Waals surface area contributed by atoms with Crippen LogP contribution >= 0.6 is 0 Å². The molecule has 1 fully saturated rings. The lowest BCUT2D eigenvalue weighted by atomic mass is 9.65. The topological polar surface area (TPSA) is 20.2 Å². The SMILES string of the molecule is Cc1ccc(C2(CO)CCC2)c(F)c1. The molecule has 1 aliphatic carbocycles. The molecule has 0 amide bonds. The Hall–Kier alpha value is -0.890. The van der Waals surface area contributed by atoms with Crippen molar-refractivity contribution in [3.63, 3.8) is 0 Å². The van der Waals surface area contributed by atoms with Crippen LogP contribution in [0.25, 0.3) is 0 Å². The lowest BCUT2D eigenvalue weighted by molar-refractivity contribution is 0.116. The monoisotopic (exact) mass is 194 g/mol. The summed E-state index contributed by atoms with van der Waals surface area (Å²) >= 11 is 0.